The molecule has 1 unspecified atom stereocenters. The van der Waals surface area contributed by atoms with E-state index in [1.807, 2.05) is 12.1 Å². The smallest absolute Gasteiger partial charge is 0.178 e. The number of benzene rings is 6. The Hall–Kier alpha value is -5.48. The van der Waals surface area contributed by atoms with Crippen LogP contribution in [-0.2, 0) is 16.4 Å². The number of hydrogen-bond donors (Lipinski definition) is 0. The van der Waals surface area contributed by atoms with Crippen LogP contribution in [0, 0.1) is 0 Å². The maximum atomic E-state index is 7.74. The molecule has 1 heterocycles. The molecule has 6 aromatic rings. The zero-order chi connectivity index (χ0) is 36.0. The third-order valence-electron chi connectivity index (χ3n) is 12.5. The maximum absolute atomic E-state index is 7.74. The van der Waals surface area contributed by atoms with E-state index in [1.54, 1.807) is 21.3 Å². The van der Waals surface area contributed by atoms with Gasteiger partial charge in [0, 0.05) is 32.9 Å². The molecule has 0 radical (unpaired) electrons. The van der Waals surface area contributed by atoms with Crippen molar-refractivity contribution in [1.29, 1.82) is 0 Å². The summed E-state index contributed by atoms with van der Waals surface area (Å²) in [4.78, 5) is 0. The average molecular weight is 685 g/mol. The van der Waals surface area contributed by atoms with Crippen LogP contribution in [0.1, 0.15) is 79.5 Å². The van der Waals surface area contributed by atoms with Gasteiger partial charge in [0.15, 0.2) is 17.1 Å². The van der Waals surface area contributed by atoms with Gasteiger partial charge in [-0.25, -0.2) is 0 Å². The Bertz CT molecular complexity index is 2450. The number of fused-ring (bicyclic) bond motifs is 11. The molecular weight excluding hydrogens is 641 g/mol. The zero-order valence-corrected chi connectivity index (χ0v) is 31.0. The highest BCUT2D eigenvalue weighted by molar-refractivity contribution is 6.09. The molecule has 9 rings (SSSR count). The van der Waals surface area contributed by atoms with Crippen molar-refractivity contribution in [3.8, 4) is 45.3 Å². The summed E-state index contributed by atoms with van der Waals surface area (Å²) in [7, 11) is 5.11. The van der Waals surface area contributed by atoms with Crippen molar-refractivity contribution in [1.82, 2.24) is 0 Å². The molecule has 1 atom stereocenters. The lowest BCUT2D eigenvalue weighted by Gasteiger charge is -2.40. The molecule has 2 aliphatic carbocycles. The molecule has 4 nitrogen and oxygen atoms in total. The van der Waals surface area contributed by atoms with Crippen LogP contribution in [0.5, 0.6) is 23.0 Å². The predicted molar refractivity (Wildman–Crippen MR) is 211 cm³/mol. The van der Waals surface area contributed by atoms with Gasteiger partial charge in [0.1, 0.15) is 11.5 Å². The van der Waals surface area contributed by atoms with Gasteiger partial charge in [0.2, 0.25) is 0 Å². The minimum absolute atomic E-state index is 0.162. The van der Waals surface area contributed by atoms with Crippen LogP contribution >= 0.6 is 0 Å². The largest absolute Gasteiger partial charge is 0.497 e. The fraction of sp³-hybridized carbons (Fsp3) is 0.250. The second-order valence-electron chi connectivity index (χ2n) is 14.9. The molecule has 260 valence electrons. The first-order valence-corrected chi connectivity index (χ1v) is 18.4. The van der Waals surface area contributed by atoms with Gasteiger partial charge < -0.3 is 18.9 Å². The van der Waals surface area contributed by atoms with Crippen LogP contribution in [0.15, 0.2) is 109 Å². The lowest BCUT2D eigenvalue weighted by molar-refractivity contribution is 0.163. The molecule has 0 amide bonds. The average Bonchev–Trinajstić information content (AvgIpc) is 3.62. The molecule has 0 bridgehead atoms. The van der Waals surface area contributed by atoms with Gasteiger partial charge in [-0.15, -0.1) is 0 Å². The van der Waals surface area contributed by atoms with Gasteiger partial charge in [-0.3, -0.25) is 0 Å². The molecule has 1 aliphatic heterocycles. The Morgan fingerprint density at radius 3 is 1.88 bits per heavy atom. The van der Waals surface area contributed by atoms with E-state index in [-0.39, 0.29) is 10.8 Å². The highest BCUT2D eigenvalue weighted by atomic mass is 16.5. The fourth-order valence-electron chi connectivity index (χ4n) is 9.73. The molecule has 6 aromatic carbocycles. The summed E-state index contributed by atoms with van der Waals surface area (Å²) in [6.45, 7) is 9.30. The molecule has 0 fully saturated rings. The lowest BCUT2D eigenvalue weighted by atomic mass is 9.71. The van der Waals surface area contributed by atoms with Crippen molar-refractivity contribution in [2.24, 2.45) is 0 Å². The molecular formula is C48H44O4. The monoisotopic (exact) mass is 684 g/mol. The first-order chi connectivity index (χ1) is 25.3. The fourth-order valence-corrected chi connectivity index (χ4v) is 9.73. The molecule has 0 N–H and O–H groups in total. The van der Waals surface area contributed by atoms with E-state index >= 15 is 0 Å². The van der Waals surface area contributed by atoms with Crippen molar-refractivity contribution in [3.63, 3.8) is 0 Å². The third kappa shape index (κ3) is 4.15. The lowest BCUT2D eigenvalue weighted by Crippen LogP contribution is -2.35. The Morgan fingerprint density at radius 1 is 0.596 bits per heavy atom. The second kappa shape index (κ2) is 11.5. The van der Waals surface area contributed by atoms with Crippen molar-refractivity contribution in [2.45, 2.75) is 57.0 Å². The Kier molecular flexibility index (Phi) is 7.18. The van der Waals surface area contributed by atoms with Gasteiger partial charge in [-0.05, 0) is 99.1 Å². The summed E-state index contributed by atoms with van der Waals surface area (Å²) >= 11 is 0. The minimum atomic E-state index is -0.931. The van der Waals surface area contributed by atoms with Gasteiger partial charge in [0.25, 0.3) is 0 Å². The van der Waals surface area contributed by atoms with Gasteiger partial charge in [-0.2, -0.15) is 0 Å². The first-order valence-electron chi connectivity index (χ1n) is 18.4. The van der Waals surface area contributed by atoms with Crippen LogP contribution in [-0.4, -0.2) is 21.3 Å². The second-order valence-corrected chi connectivity index (χ2v) is 14.9. The van der Waals surface area contributed by atoms with Crippen molar-refractivity contribution in [2.75, 3.05) is 21.3 Å². The van der Waals surface area contributed by atoms with Crippen LogP contribution in [0.4, 0.5) is 0 Å². The Morgan fingerprint density at radius 2 is 1.21 bits per heavy atom. The number of methoxy groups -OCH3 is 3. The minimum Gasteiger partial charge on any atom is -0.497 e. The van der Waals surface area contributed by atoms with Gasteiger partial charge in [0.05, 0.1) is 21.3 Å². The summed E-state index contributed by atoms with van der Waals surface area (Å²) in [5.74, 6) is 3.03. The van der Waals surface area contributed by atoms with Crippen LogP contribution in [0.3, 0.4) is 0 Å². The number of rotatable bonds is 7. The van der Waals surface area contributed by atoms with E-state index in [1.165, 1.54) is 44.5 Å². The van der Waals surface area contributed by atoms with E-state index in [0.29, 0.717) is 11.5 Å². The maximum Gasteiger partial charge on any atom is 0.178 e. The van der Waals surface area contributed by atoms with Crippen LogP contribution < -0.4 is 18.9 Å². The molecule has 52 heavy (non-hydrogen) atoms. The van der Waals surface area contributed by atoms with E-state index in [2.05, 4.69) is 131 Å². The summed E-state index contributed by atoms with van der Waals surface area (Å²) < 4.78 is 25.2. The first kappa shape index (κ1) is 32.4. The molecule has 3 aliphatic rings. The molecule has 4 heteroatoms. The third-order valence-corrected chi connectivity index (χ3v) is 12.5. The summed E-state index contributed by atoms with van der Waals surface area (Å²) in [5, 5.41) is 2.10. The highest BCUT2D eigenvalue weighted by Crippen LogP contribution is 2.61. The standard InChI is InChI=1S/C48H44O4/c1-8-47(9-2)39-17-13-11-15-34(39)43-36-27-41(50-6)42(51-7)28-37(36)45-35(44(43)47)24-25-48(52-45,29-18-21-31(49-5)22-19-29)30-20-23-33-32-14-10-12-16-38(32)46(3,4)40(33)26-30/h10-28H,8-9H2,1-7H3. The summed E-state index contributed by atoms with van der Waals surface area (Å²) in [5.41, 5.74) is 12.5. The molecule has 0 spiro atoms. The van der Waals surface area contributed by atoms with Crippen molar-refractivity contribution in [3.05, 3.63) is 148 Å². The molecule has 0 saturated heterocycles. The predicted octanol–water partition coefficient (Wildman–Crippen LogP) is 11.6. The van der Waals surface area contributed by atoms with Gasteiger partial charge >= 0.3 is 0 Å². The zero-order valence-electron chi connectivity index (χ0n) is 31.0. The summed E-state index contributed by atoms with van der Waals surface area (Å²) in [6, 6.07) is 37.3. The number of hydrogen-bond acceptors (Lipinski definition) is 4. The normalized spacial score (nSPS) is 18.1. The quantitative estimate of drug-likeness (QED) is 0.168. The number of ether oxygens (including phenoxy) is 4. The van der Waals surface area contributed by atoms with E-state index in [9.17, 15) is 0 Å². The van der Waals surface area contributed by atoms with Crippen molar-refractivity contribution < 1.29 is 18.9 Å². The molecule has 0 aromatic heterocycles. The SMILES string of the molecule is CCC1(CC)c2ccccc2-c2c1c1c(c3cc(OC)c(OC)cc23)OC(c2ccc(OC)cc2)(c2ccc3c(c2)C(C)(C)c2ccccc2-3)C=C1. The topological polar surface area (TPSA) is 36.9 Å². The van der Waals surface area contributed by atoms with Crippen molar-refractivity contribution >= 4 is 16.8 Å². The highest BCUT2D eigenvalue weighted by Gasteiger charge is 2.47. The van der Waals surface area contributed by atoms with E-state index in [4.69, 9.17) is 18.9 Å². The van der Waals surface area contributed by atoms with Crippen LogP contribution in [0.25, 0.3) is 39.1 Å². The molecule has 0 saturated carbocycles. The Labute approximate surface area is 306 Å². The van der Waals surface area contributed by atoms with E-state index in [0.717, 1.165) is 51.8 Å². The summed E-state index contributed by atoms with van der Waals surface area (Å²) in [6.07, 6.45) is 6.57. The Balaban J connectivity index is 1.36. The van der Waals surface area contributed by atoms with E-state index < -0.39 is 5.60 Å². The van der Waals surface area contributed by atoms with Crippen LogP contribution in [0.2, 0.25) is 0 Å². The van der Waals surface area contributed by atoms with Gasteiger partial charge in [-0.1, -0.05) is 107 Å².